The molecule has 0 fully saturated rings. The maximum absolute atomic E-state index is 4.21. The Morgan fingerprint density at radius 1 is 1.19 bits per heavy atom. The zero-order chi connectivity index (χ0) is 11.5. The van der Waals surface area contributed by atoms with Gasteiger partial charge in [0.05, 0.1) is 0 Å². The van der Waals surface area contributed by atoms with E-state index in [1.807, 2.05) is 12.1 Å². The van der Waals surface area contributed by atoms with Gasteiger partial charge in [0.15, 0.2) is 0 Å². The molecule has 1 aromatic carbocycles. The van der Waals surface area contributed by atoms with Crippen molar-refractivity contribution in [1.82, 2.24) is 10.2 Å². The lowest BCUT2D eigenvalue weighted by Gasteiger charge is -2.03. The van der Waals surface area contributed by atoms with Crippen LogP contribution in [0.5, 0.6) is 0 Å². The molecule has 0 aliphatic rings. The number of aryl methyl sites for hydroxylation is 1. The van der Waals surface area contributed by atoms with Crippen LogP contribution in [-0.4, -0.2) is 16.2 Å². The summed E-state index contributed by atoms with van der Waals surface area (Å²) >= 11 is 1.60. The van der Waals surface area contributed by atoms with Crippen molar-refractivity contribution < 1.29 is 0 Å². The van der Waals surface area contributed by atoms with Crippen LogP contribution >= 0.6 is 11.3 Å². The summed E-state index contributed by atoms with van der Waals surface area (Å²) < 4.78 is 0. The maximum atomic E-state index is 4.21. The zero-order valence-electron chi connectivity index (χ0n) is 9.69. The lowest BCUT2D eigenvalue weighted by Crippen LogP contribution is -2.08. The van der Waals surface area contributed by atoms with Crippen molar-refractivity contribution in [2.75, 3.05) is 5.32 Å². The summed E-state index contributed by atoms with van der Waals surface area (Å²) in [5.41, 5.74) is 2.39. The zero-order valence-corrected chi connectivity index (χ0v) is 10.5. The topological polar surface area (TPSA) is 37.8 Å². The third-order valence-corrected chi connectivity index (χ3v) is 3.10. The Labute approximate surface area is 99.5 Å². The van der Waals surface area contributed by atoms with Crippen LogP contribution in [0.25, 0.3) is 10.6 Å². The molecule has 0 saturated heterocycles. The molecule has 0 spiro atoms. The van der Waals surface area contributed by atoms with Crippen LogP contribution < -0.4 is 5.32 Å². The van der Waals surface area contributed by atoms with Gasteiger partial charge in [0, 0.05) is 11.6 Å². The summed E-state index contributed by atoms with van der Waals surface area (Å²) in [6.07, 6.45) is 0. The van der Waals surface area contributed by atoms with E-state index in [4.69, 9.17) is 0 Å². The third kappa shape index (κ3) is 2.39. The molecule has 1 aromatic heterocycles. The number of hydrogen-bond donors (Lipinski definition) is 1. The van der Waals surface area contributed by atoms with E-state index in [1.54, 1.807) is 11.3 Å². The van der Waals surface area contributed by atoms with E-state index >= 15 is 0 Å². The number of rotatable bonds is 3. The van der Waals surface area contributed by atoms with Crippen LogP contribution in [0, 0.1) is 6.92 Å². The highest BCUT2D eigenvalue weighted by Gasteiger charge is 2.08. The van der Waals surface area contributed by atoms with Crippen LogP contribution in [0.15, 0.2) is 24.3 Å². The predicted molar refractivity (Wildman–Crippen MR) is 68.8 cm³/mol. The lowest BCUT2D eigenvalue weighted by molar-refractivity contribution is 0.888. The number of nitrogens with zero attached hydrogens (tertiary/aromatic N) is 2. The standard InChI is InChI=1S/C12H15N3S/c1-8(2)13-12-15-14-11(16-12)10-7-5-4-6-9(10)3/h4-8H,1-3H3,(H,13,15). The SMILES string of the molecule is Cc1ccccc1-c1nnc(NC(C)C)s1. The predicted octanol–water partition coefficient (Wildman–Crippen LogP) is 3.33. The van der Waals surface area contributed by atoms with Gasteiger partial charge in [-0.3, -0.25) is 0 Å². The minimum atomic E-state index is 0.387. The monoisotopic (exact) mass is 233 g/mol. The van der Waals surface area contributed by atoms with Crippen molar-refractivity contribution in [2.24, 2.45) is 0 Å². The van der Waals surface area contributed by atoms with Crippen molar-refractivity contribution in [2.45, 2.75) is 26.8 Å². The summed E-state index contributed by atoms with van der Waals surface area (Å²) in [6.45, 7) is 6.27. The number of hydrogen-bond acceptors (Lipinski definition) is 4. The average Bonchev–Trinajstić information content (AvgIpc) is 2.66. The largest absolute Gasteiger partial charge is 0.358 e. The fraction of sp³-hybridized carbons (Fsp3) is 0.333. The lowest BCUT2D eigenvalue weighted by atomic mass is 10.1. The van der Waals surface area contributed by atoms with Crippen LogP contribution in [-0.2, 0) is 0 Å². The van der Waals surface area contributed by atoms with E-state index in [2.05, 4.69) is 48.4 Å². The minimum Gasteiger partial charge on any atom is -0.358 e. The molecule has 0 saturated carbocycles. The van der Waals surface area contributed by atoms with Crippen LogP contribution in [0.2, 0.25) is 0 Å². The number of nitrogens with one attached hydrogen (secondary N) is 1. The first-order valence-corrected chi connectivity index (χ1v) is 6.14. The molecule has 0 atom stereocenters. The Bertz CT molecular complexity index is 477. The molecule has 0 bridgehead atoms. The van der Waals surface area contributed by atoms with Crippen molar-refractivity contribution in [3.63, 3.8) is 0 Å². The van der Waals surface area contributed by atoms with E-state index in [1.165, 1.54) is 5.56 Å². The molecule has 0 radical (unpaired) electrons. The molecule has 4 heteroatoms. The molecular weight excluding hydrogens is 218 g/mol. The van der Waals surface area contributed by atoms with E-state index in [0.29, 0.717) is 6.04 Å². The maximum Gasteiger partial charge on any atom is 0.206 e. The quantitative estimate of drug-likeness (QED) is 0.883. The first-order chi connectivity index (χ1) is 7.66. The first-order valence-electron chi connectivity index (χ1n) is 5.33. The van der Waals surface area contributed by atoms with Gasteiger partial charge >= 0.3 is 0 Å². The molecule has 0 aliphatic carbocycles. The molecular formula is C12H15N3S. The number of benzene rings is 1. The van der Waals surface area contributed by atoms with Gasteiger partial charge in [0.1, 0.15) is 5.01 Å². The van der Waals surface area contributed by atoms with E-state index in [9.17, 15) is 0 Å². The van der Waals surface area contributed by atoms with Crippen molar-refractivity contribution in [1.29, 1.82) is 0 Å². The van der Waals surface area contributed by atoms with Crippen LogP contribution in [0.4, 0.5) is 5.13 Å². The highest BCUT2D eigenvalue weighted by Crippen LogP contribution is 2.28. The second-order valence-electron chi connectivity index (χ2n) is 4.03. The van der Waals surface area contributed by atoms with Gasteiger partial charge in [-0.25, -0.2) is 0 Å². The van der Waals surface area contributed by atoms with E-state index in [-0.39, 0.29) is 0 Å². The van der Waals surface area contributed by atoms with Gasteiger partial charge in [0.25, 0.3) is 0 Å². The highest BCUT2D eigenvalue weighted by atomic mass is 32.1. The van der Waals surface area contributed by atoms with Crippen molar-refractivity contribution >= 4 is 16.5 Å². The molecule has 1 N–H and O–H groups in total. The van der Waals surface area contributed by atoms with Gasteiger partial charge in [-0.15, -0.1) is 10.2 Å². The van der Waals surface area contributed by atoms with Crippen LogP contribution in [0.3, 0.4) is 0 Å². The van der Waals surface area contributed by atoms with Crippen molar-refractivity contribution in [3.8, 4) is 10.6 Å². The summed E-state index contributed by atoms with van der Waals surface area (Å²) in [5, 5.41) is 13.5. The molecule has 0 unspecified atom stereocenters. The number of anilines is 1. The molecule has 0 aliphatic heterocycles. The van der Waals surface area contributed by atoms with E-state index in [0.717, 1.165) is 15.7 Å². The fourth-order valence-electron chi connectivity index (χ4n) is 1.45. The fourth-order valence-corrected chi connectivity index (χ4v) is 2.43. The molecule has 0 amide bonds. The van der Waals surface area contributed by atoms with Gasteiger partial charge in [-0.1, -0.05) is 35.6 Å². The summed E-state index contributed by atoms with van der Waals surface area (Å²) in [6, 6.07) is 8.62. The van der Waals surface area contributed by atoms with Gasteiger partial charge < -0.3 is 5.32 Å². The highest BCUT2D eigenvalue weighted by molar-refractivity contribution is 7.18. The molecule has 3 nitrogen and oxygen atoms in total. The molecule has 16 heavy (non-hydrogen) atoms. The Balaban J connectivity index is 2.28. The first kappa shape index (κ1) is 11.1. The summed E-state index contributed by atoms with van der Waals surface area (Å²) in [4.78, 5) is 0. The Morgan fingerprint density at radius 2 is 1.94 bits per heavy atom. The second kappa shape index (κ2) is 4.61. The van der Waals surface area contributed by atoms with Gasteiger partial charge in [-0.05, 0) is 26.3 Å². The van der Waals surface area contributed by atoms with Gasteiger partial charge in [-0.2, -0.15) is 0 Å². The summed E-state index contributed by atoms with van der Waals surface area (Å²) in [7, 11) is 0. The third-order valence-electron chi connectivity index (χ3n) is 2.21. The Morgan fingerprint density at radius 3 is 2.62 bits per heavy atom. The normalized spacial score (nSPS) is 10.8. The number of aromatic nitrogens is 2. The molecule has 1 heterocycles. The summed E-state index contributed by atoms with van der Waals surface area (Å²) in [5.74, 6) is 0. The van der Waals surface area contributed by atoms with Crippen LogP contribution in [0.1, 0.15) is 19.4 Å². The molecule has 2 rings (SSSR count). The van der Waals surface area contributed by atoms with E-state index < -0.39 is 0 Å². The van der Waals surface area contributed by atoms with Gasteiger partial charge in [0.2, 0.25) is 5.13 Å². The Kier molecular flexibility index (Phi) is 3.19. The second-order valence-corrected chi connectivity index (χ2v) is 5.00. The average molecular weight is 233 g/mol. The molecule has 84 valence electrons. The smallest absolute Gasteiger partial charge is 0.206 e. The Hall–Kier alpha value is -1.42. The molecule has 2 aromatic rings. The van der Waals surface area contributed by atoms with Crippen molar-refractivity contribution in [3.05, 3.63) is 29.8 Å². The minimum absolute atomic E-state index is 0.387.